The molecule has 1 aliphatic rings. The number of H-pyrrole nitrogens is 1. The molecule has 0 aliphatic carbocycles. The minimum atomic E-state index is -2.49. The van der Waals surface area contributed by atoms with Crippen molar-refractivity contribution < 1.29 is 30.1 Å². The summed E-state index contributed by atoms with van der Waals surface area (Å²) in [5.74, 6) is -9.38. The molecule has 6 N–H and O–H groups in total. The average molecular weight is 552 g/mol. The van der Waals surface area contributed by atoms with Gasteiger partial charge in [-0.1, -0.05) is 34.6 Å². The lowest BCUT2D eigenvalue weighted by molar-refractivity contribution is -0.142. The molecule has 1 aliphatic heterocycles. The van der Waals surface area contributed by atoms with E-state index in [1.54, 1.807) is 13.0 Å². The van der Waals surface area contributed by atoms with E-state index in [0.717, 1.165) is 16.9 Å². The van der Waals surface area contributed by atoms with E-state index < -0.39 is 66.0 Å². The van der Waals surface area contributed by atoms with Crippen LogP contribution in [0.5, 0.6) is 0 Å². The van der Waals surface area contributed by atoms with Gasteiger partial charge in [-0.25, -0.2) is 4.79 Å². The predicted molar refractivity (Wildman–Crippen MR) is 146 cm³/mol. The maximum atomic E-state index is 13.1. The quantitative estimate of drug-likeness (QED) is 0.245. The molecule has 12 heteroatoms. The van der Waals surface area contributed by atoms with Gasteiger partial charge in [-0.2, -0.15) is 4.98 Å². The van der Waals surface area contributed by atoms with Crippen LogP contribution in [0.25, 0.3) is 0 Å². The molecule has 208 valence electrons. The fourth-order valence-corrected chi connectivity index (χ4v) is 5.86. The Morgan fingerprint density at radius 2 is 1.97 bits per heavy atom. The van der Waals surface area contributed by atoms with Gasteiger partial charge < -0.3 is 26.2 Å². The Hall–Kier alpha value is -3.41. The van der Waals surface area contributed by atoms with Crippen LogP contribution in [0.4, 0.5) is 11.8 Å². The highest BCUT2D eigenvalue weighted by Crippen LogP contribution is 2.39. The molecule has 11 nitrogen and oxygen atoms in total. The van der Waals surface area contributed by atoms with E-state index in [1.807, 2.05) is 13.8 Å². The number of fused-ring (bicyclic) bond motifs is 1. The van der Waals surface area contributed by atoms with E-state index in [2.05, 4.69) is 25.9 Å². The first-order valence-corrected chi connectivity index (χ1v) is 13.1. The molecule has 0 fully saturated rings. The first-order valence-electron chi connectivity index (χ1n) is 14.3. The second kappa shape index (κ2) is 12.0. The molecule has 38 heavy (non-hydrogen) atoms. The summed E-state index contributed by atoms with van der Waals surface area (Å²) in [5, 5.41) is 26.3. The van der Waals surface area contributed by atoms with Crippen LogP contribution in [-0.2, 0) is 16.0 Å². The zero-order valence-electron chi connectivity index (χ0n) is 26.2. The van der Waals surface area contributed by atoms with Crippen LogP contribution in [0.15, 0.2) is 10.9 Å². The smallest absolute Gasteiger partial charge is 0.326 e. The molecule has 1 amide bonds. The third-order valence-corrected chi connectivity index (χ3v) is 7.71. The minimum Gasteiger partial charge on any atom is -0.481 e. The van der Waals surface area contributed by atoms with Gasteiger partial charge in [-0.3, -0.25) is 19.4 Å². The van der Waals surface area contributed by atoms with Gasteiger partial charge >= 0.3 is 11.9 Å². The van der Waals surface area contributed by atoms with Crippen LogP contribution in [0.3, 0.4) is 0 Å². The number of hydrogen-bond donors (Lipinski definition) is 6. The van der Waals surface area contributed by atoms with Gasteiger partial charge in [0.1, 0.15) is 11.9 Å². The second-order valence-electron chi connectivity index (χ2n) is 9.79. The Labute approximate surface area is 231 Å². The number of amides is 1. The average Bonchev–Trinajstić information content (AvgIpc) is 3.28. The number of carbonyl (C=O) groups excluding carboxylic acids is 1. The number of nitrogens with zero attached hydrogens (tertiary/aromatic N) is 1. The van der Waals surface area contributed by atoms with Gasteiger partial charge in [0.05, 0.1) is 16.9 Å². The van der Waals surface area contributed by atoms with Crippen LogP contribution in [0.2, 0.25) is 0 Å². The zero-order chi connectivity index (χ0) is 31.9. The summed E-state index contributed by atoms with van der Waals surface area (Å²) in [6, 6.07) is 0.179. The largest absolute Gasteiger partial charge is 0.481 e. The van der Waals surface area contributed by atoms with Gasteiger partial charge in [0, 0.05) is 23.9 Å². The molecular weight excluding hydrogens is 510 g/mol. The predicted octanol–water partition coefficient (Wildman–Crippen LogP) is 3.31. The maximum Gasteiger partial charge on any atom is 0.326 e. The summed E-state index contributed by atoms with van der Waals surface area (Å²) in [7, 11) is 1.53. The summed E-state index contributed by atoms with van der Waals surface area (Å²) < 4.78 is 36.2. The molecule has 0 saturated carbocycles. The Bertz CT molecular complexity index is 1440. The molecule has 2 aromatic rings. The van der Waals surface area contributed by atoms with E-state index >= 15 is 0 Å². The van der Waals surface area contributed by atoms with Gasteiger partial charge in [-0.15, -0.1) is 11.3 Å². The van der Waals surface area contributed by atoms with Crippen molar-refractivity contribution in [1.82, 2.24) is 15.3 Å². The van der Waals surface area contributed by atoms with Gasteiger partial charge in [0.2, 0.25) is 5.95 Å². The van der Waals surface area contributed by atoms with Gasteiger partial charge in [-0.05, 0) is 47.6 Å². The van der Waals surface area contributed by atoms with E-state index in [9.17, 15) is 27.0 Å². The molecule has 0 radical (unpaired) electrons. The molecular formula is C26H37N5O6S. The topological polar surface area (TPSA) is 174 Å². The van der Waals surface area contributed by atoms with Crippen LogP contribution in [0.1, 0.15) is 84.0 Å². The van der Waals surface area contributed by atoms with Crippen molar-refractivity contribution in [3.8, 4) is 0 Å². The van der Waals surface area contributed by atoms with Crippen molar-refractivity contribution in [2.45, 2.75) is 65.3 Å². The van der Waals surface area contributed by atoms with Gasteiger partial charge in [0.25, 0.3) is 11.5 Å². The number of carbonyl (C=O) groups is 3. The monoisotopic (exact) mass is 551 g/mol. The van der Waals surface area contributed by atoms with Crippen molar-refractivity contribution in [3.63, 3.8) is 0 Å². The lowest BCUT2D eigenvalue weighted by atomic mass is 9.76. The fraction of sp³-hybridized carbons (Fsp3) is 0.577. The standard InChI is InChI=1S/C26H37N5O6S/c1-11(2)15-9-18(23(34)29-21(25(36)37)13(4)8-19(32)33)38-17(15)7-12(3)16-10-28-22-20(14(16)5)24(35)31-26(27-6)30-22/h9,11-14,16,21H,7-8,10H2,1-6H3,(H,29,34)(H,32,33)(H,36,37)(H3,27,28,30,31,35)/t12?,13?,14?,16-,21-/m0/s1/i10D2,14D,16D. The fourth-order valence-electron chi connectivity index (χ4n) is 4.51. The molecule has 0 saturated heterocycles. The third-order valence-electron chi connectivity index (χ3n) is 6.54. The zero-order valence-corrected chi connectivity index (χ0v) is 23.0. The van der Waals surface area contributed by atoms with Crippen molar-refractivity contribution in [3.05, 3.63) is 37.3 Å². The highest BCUT2D eigenvalue weighted by molar-refractivity contribution is 7.14. The summed E-state index contributed by atoms with van der Waals surface area (Å²) in [6.07, 6.45) is -0.370. The summed E-state index contributed by atoms with van der Waals surface area (Å²) >= 11 is 1.06. The highest BCUT2D eigenvalue weighted by Gasteiger charge is 2.34. The first-order chi connectivity index (χ1) is 19.3. The Balaban J connectivity index is 2.00. The highest BCUT2D eigenvalue weighted by atomic mass is 32.1. The first kappa shape index (κ1) is 23.7. The molecule has 5 atom stereocenters. The maximum absolute atomic E-state index is 13.1. The SMILES string of the molecule is [2H]C1([2H])Nc2nc(NC)[nH]c(=O)c2C([2H])(C)[C@]1([2H])C(C)Cc1sc(C(=O)N[C@H](C(=O)O)C(C)CC(=O)O)cc1C(C)C. The molecule has 0 aromatic carbocycles. The molecule has 0 bridgehead atoms. The van der Waals surface area contributed by atoms with Crippen LogP contribution < -0.4 is 21.5 Å². The number of aromatic amines is 1. The third kappa shape index (κ3) is 6.35. The number of carboxylic acid groups (broad SMARTS) is 2. The normalized spacial score (nSPS) is 25.9. The van der Waals surface area contributed by atoms with Crippen molar-refractivity contribution in [2.24, 2.45) is 17.7 Å². The van der Waals surface area contributed by atoms with E-state index in [0.29, 0.717) is 4.88 Å². The molecule has 3 rings (SSSR count). The van der Waals surface area contributed by atoms with E-state index in [4.69, 9.17) is 7.85 Å². The Morgan fingerprint density at radius 3 is 2.55 bits per heavy atom. The number of aromatic nitrogens is 2. The number of anilines is 2. The number of thiophene rings is 1. The molecule has 3 unspecified atom stereocenters. The van der Waals surface area contributed by atoms with Crippen LogP contribution >= 0.6 is 11.3 Å². The Kier molecular flexibility index (Phi) is 7.46. The van der Waals surface area contributed by atoms with Crippen LogP contribution in [-0.4, -0.2) is 57.6 Å². The van der Waals surface area contributed by atoms with E-state index in [-0.39, 0.29) is 34.5 Å². The van der Waals surface area contributed by atoms with Crippen molar-refractivity contribution in [2.75, 3.05) is 24.2 Å². The summed E-state index contributed by atoms with van der Waals surface area (Å²) in [5.41, 5.74) is -0.0959. The molecule has 3 heterocycles. The number of hydrogen-bond acceptors (Lipinski definition) is 8. The molecule has 2 aromatic heterocycles. The summed E-state index contributed by atoms with van der Waals surface area (Å²) in [4.78, 5) is 56.5. The number of carboxylic acids is 2. The molecule has 0 spiro atoms. The van der Waals surface area contributed by atoms with Crippen molar-refractivity contribution >= 4 is 40.9 Å². The van der Waals surface area contributed by atoms with Gasteiger partial charge in [0.15, 0.2) is 0 Å². The van der Waals surface area contributed by atoms with E-state index in [1.165, 1.54) is 20.9 Å². The second-order valence-corrected chi connectivity index (χ2v) is 10.9. The minimum absolute atomic E-state index is 0.0804. The Morgan fingerprint density at radius 1 is 1.29 bits per heavy atom. The van der Waals surface area contributed by atoms with Crippen molar-refractivity contribution in [1.29, 1.82) is 0 Å². The lowest BCUT2D eigenvalue weighted by Gasteiger charge is -2.35. The number of aliphatic carboxylic acids is 2. The lowest BCUT2D eigenvalue weighted by Crippen LogP contribution is -2.45. The van der Waals surface area contributed by atoms with Crippen LogP contribution in [0, 0.1) is 17.7 Å². The summed E-state index contributed by atoms with van der Waals surface area (Å²) in [6.45, 7) is 5.65. The number of nitrogens with one attached hydrogen (secondary N) is 4. The number of rotatable bonds is 11.